The molecule has 0 unspecified atom stereocenters. The maximum absolute atomic E-state index is 2.46. The summed E-state index contributed by atoms with van der Waals surface area (Å²) in [5.41, 5.74) is 12.4. The van der Waals surface area contributed by atoms with Gasteiger partial charge >= 0.3 is 0 Å². The molecular weight excluding hydrogens is 589 g/mol. The molecule has 228 valence electrons. The Labute approximate surface area is 286 Å². The zero-order valence-electron chi connectivity index (χ0n) is 27.0. The standard InChI is InChI=1S/C49H32/c1-4-17-33(18-5-1)43-31-34(32-44-40-25-11-10-23-38(40)39-24-12-13-26-41(39)47(43)44)37-28-16-30-46-48(37)42-27-14-15-29-45(42)49(46,35-19-6-2-7-20-35)36-21-8-3-9-22-36/h1-32H. The second kappa shape index (κ2) is 10.9. The molecule has 0 atom stereocenters. The van der Waals surface area contributed by atoms with Gasteiger partial charge in [-0.25, -0.2) is 0 Å². The minimum absolute atomic E-state index is 0.438. The van der Waals surface area contributed by atoms with Crippen LogP contribution in [0.2, 0.25) is 0 Å². The molecule has 0 fully saturated rings. The van der Waals surface area contributed by atoms with Crippen LogP contribution in [0.4, 0.5) is 0 Å². The molecule has 0 saturated heterocycles. The normalized spacial score (nSPS) is 13.1. The summed E-state index contributed by atoms with van der Waals surface area (Å²) in [4.78, 5) is 0. The van der Waals surface area contributed by atoms with E-state index in [1.165, 1.54) is 88.0 Å². The van der Waals surface area contributed by atoms with E-state index >= 15 is 0 Å². The van der Waals surface area contributed by atoms with E-state index in [2.05, 4.69) is 194 Å². The van der Waals surface area contributed by atoms with Gasteiger partial charge in [0.05, 0.1) is 5.41 Å². The van der Waals surface area contributed by atoms with Crippen molar-refractivity contribution < 1.29 is 0 Å². The first-order valence-corrected chi connectivity index (χ1v) is 17.1. The van der Waals surface area contributed by atoms with Gasteiger partial charge in [0.15, 0.2) is 0 Å². The molecule has 10 rings (SSSR count). The highest BCUT2D eigenvalue weighted by Crippen LogP contribution is 2.58. The molecular formula is C49H32. The van der Waals surface area contributed by atoms with Gasteiger partial charge in [-0.1, -0.05) is 182 Å². The van der Waals surface area contributed by atoms with E-state index in [1.54, 1.807) is 0 Å². The highest BCUT2D eigenvalue weighted by molar-refractivity contribution is 6.29. The van der Waals surface area contributed by atoms with Crippen molar-refractivity contribution in [2.75, 3.05) is 0 Å². The van der Waals surface area contributed by atoms with Crippen molar-refractivity contribution >= 4 is 32.3 Å². The highest BCUT2D eigenvalue weighted by atomic mass is 14.5. The van der Waals surface area contributed by atoms with Gasteiger partial charge < -0.3 is 0 Å². The molecule has 0 spiro atoms. The lowest BCUT2D eigenvalue weighted by Crippen LogP contribution is -2.28. The van der Waals surface area contributed by atoms with Gasteiger partial charge in [0.2, 0.25) is 0 Å². The first-order valence-electron chi connectivity index (χ1n) is 17.1. The zero-order valence-corrected chi connectivity index (χ0v) is 27.0. The number of benzene rings is 9. The third-order valence-electron chi connectivity index (χ3n) is 10.7. The van der Waals surface area contributed by atoms with Crippen molar-refractivity contribution in [3.05, 3.63) is 216 Å². The van der Waals surface area contributed by atoms with Gasteiger partial charge in [0.25, 0.3) is 0 Å². The van der Waals surface area contributed by atoms with E-state index < -0.39 is 5.41 Å². The molecule has 0 saturated carbocycles. The quantitative estimate of drug-likeness (QED) is 0.172. The molecule has 0 radical (unpaired) electrons. The summed E-state index contributed by atoms with van der Waals surface area (Å²) in [6.07, 6.45) is 0. The van der Waals surface area contributed by atoms with E-state index in [0.29, 0.717) is 0 Å². The minimum Gasteiger partial charge on any atom is -0.0622 e. The number of fused-ring (bicyclic) bond motifs is 9. The van der Waals surface area contributed by atoms with Crippen LogP contribution in [0.15, 0.2) is 194 Å². The van der Waals surface area contributed by atoms with Gasteiger partial charge in [-0.2, -0.15) is 0 Å². The lowest BCUT2D eigenvalue weighted by molar-refractivity contribution is 0.768. The fourth-order valence-corrected chi connectivity index (χ4v) is 8.77. The van der Waals surface area contributed by atoms with Gasteiger partial charge in [-0.05, 0) is 100 Å². The van der Waals surface area contributed by atoms with Crippen LogP contribution in [-0.4, -0.2) is 0 Å². The van der Waals surface area contributed by atoms with E-state index in [4.69, 9.17) is 0 Å². The molecule has 49 heavy (non-hydrogen) atoms. The topological polar surface area (TPSA) is 0 Å². The number of hydrogen-bond acceptors (Lipinski definition) is 0. The SMILES string of the molecule is c1ccc(-c2cc(-c3cccc4c3-c3ccccc3C4(c3ccccc3)c3ccccc3)cc3c4ccccc4c4ccccc4c23)cc1. The molecule has 0 heterocycles. The summed E-state index contributed by atoms with van der Waals surface area (Å²) in [5.74, 6) is 0. The Hall–Kier alpha value is -6.24. The molecule has 1 aliphatic rings. The molecule has 0 nitrogen and oxygen atoms in total. The Morgan fingerprint density at radius 2 is 0.776 bits per heavy atom. The van der Waals surface area contributed by atoms with Crippen molar-refractivity contribution in [1.29, 1.82) is 0 Å². The molecule has 1 aliphatic carbocycles. The molecule has 9 aromatic rings. The van der Waals surface area contributed by atoms with E-state index in [9.17, 15) is 0 Å². The zero-order chi connectivity index (χ0) is 32.4. The fourth-order valence-electron chi connectivity index (χ4n) is 8.77. The van der Waals surface area contributed by atoms with E-state index in [1.807, 2.05) is 0 Å². The summed E-state index contributed by atoms with van der Waals surface area (Å²) < 4.78 is 0. The molecule has 0 bridgehead atoms. The first kappa shape index (κ1) is 27.8. The Morgan fingerprint density at radius 1 is 0.286 bits per heavy atom. The summed E-state index contributed by atoms with van der Waals surface area (Å²) in [6.45, 7) is 0. The largest absolute Gasteiger partial charge is 0.0713 e. The molecule has 0 aliphatic heterocycles. The van der Waals surface area contributed by atoms with Crippen molar-refractivity contribution in [2.24, 2.45) is 0 Å². The first-order chi connectivity index (χ1) is 24.3. The summed E-state index contributed by atoms with van der Waals surface area (Å²) in [7, 11) is 0. The van der Waals surface area contributed by atoms with Crippen molar-refractivity contribution in [1.82, 2.24) is 0 Å². The van der Waals surface area contributed by atoms with Crippen LogP contribution in [-0.2, 0) is 5.41 Å². The van der Waals surface area contributed by atoms with Crippen molar-refractivity contribution in [3.63, 3.8) is 0 Å². The highest BCUT2D eigenvalue weighted by Gasteiger charge is 2.46. The Bertz CT molecular complexity index is 2650. The Morgan fingerprint density at radius 3 is 1.45 bits per heavy atom. The molecule has 9 aromatic carbocycles. The van der Waals surface area contributed by atoms with Crippen molar-refractivity contribution in [2.45, 2.75) is 5.41 Å². The van der Waals surface area contributed by atoms with Gasteiger partial charge in [-0.3, -0.25) is 0 Å². The van der Waals surface area contributed by atoms with Crippen LogP contribution < -0.4 is 0 Å². The van der Waals surface area contributed by atoms with Crippen LogP contribution in [0.1, 0.15) is 22.3 Å². The molecule has 0 aromatic heterocycles. The number of hydrogen-bond donors (Lipinski definition) is 0. The predicted molar refractivity (Wildman–Crippen MR) is 207 cm³/mol. The van der Waals surface area contributed by atoms with Crippen LogP contribution in [0, 0.1) is 0 Å². The van der Waals surface area contributed by atoms with Gasteiger partial charge in [0.1, 0.15) is 0 Å². The van der Waals surface area contributed by atoms with Crippen LogP contribution in [0.3, 0.4) is 0 Å². The van der Waals surface area contributed by atoms with Crippen LogP contribution in [0.5, 0.6) is 0 Å². The summed E-state index contributed by atoms with van der Waals surface area (Å²) >= 11 is 0. The second-order valence-corrected chi connectivity index (χ2v) is 13.2. The Balaban J connectivity index is 1.36. The van der Waals surface area contributed by atoms with Crippen LogP contribution >= 0.6 is 0 Å². The minimum atomic E-state index is -0.438. The maximum atomic E-state index is 2.46. The average Bonchev–Trinajstić information content (AvgIpc) is 3.50. The molecule has 0 heteroatoms. The lowest BCUT2D eigenvalue weighted by atomic mass is 9.67. The van der Waals surface area contributed by atoms with E-state index in [0.717, 1.165) is 0 Å². The monoisotopic (exact) mass is 620 g/mol. The van der Waals surface area contributed by atoms with Crippen molar-refractivity contribution in [3.8, 4) is 33.4 Å². The summed E-state index contributed by atoms with van der Waals surface area (Å²) in [6, 6.07) is 71.8. The average molecular weight is 621 g/mol. The fraction of sp³-hybridized carbons (Fsp3) is 0.0204. The van der Waals surface area contributed by atoms with Gasteiger partial charge in [0, 0.05) is 0 Å². The lowest BCUT2D eigenvalue weighted by Gasteiger charge is -2.34. The van der Waals surface area contributed by atoms with E-state index in [-0.39, 0.29) is 0 Å². The summed E-state index contributed by atoms with van der Waals surface area (Å²) in [5, 5.41) is 7.74. The molecule has 0 amide bonds. The van der Waals surface area contributed by atoms with Gasteiger partial charge in [-0.15, -0.1) is 0 Å². The smallest absolute Gasteiger partial charge is 0.0622 e. The second-order valence-electron chi connectivity index (χ2n) is 13.2. The third-order valence-corrected chi connectivity index (χ3v) is 10.7. The third kappa shape index (κ3) is 3.98. The Kier molecular flexibility index (Phi) is 6.19. The predicted octanol–water partition coefficient (Wildman–Crippen LogP) is 12.8. The molecule has 0 N–H and O–H groups in total. The maximum Gasteiger partial charge on any atom is 0.0713 e. The van der Waals surface area contributed by atoms with Crippen LogP contribution in [0.25, 0.3) is 65.7 Å². The number of rotatable bonds is 4.